The third kappa shape index (κ3) is 5.65. The summed E-state index contributed by atoms with van der Waals surface area (Å²) in [5.41, 5.74) is 2.31. The summed E-state index contributed by atoms with van der Waals surface area (Å²) >= 11 is 0. The van der Waals surface area contributed by atoms with E-state index in [9.17, 15) is 4.79 Å². The number of aryl methyl sites for hydroxylation is 2. The number of amides is 1. The average molecular weight is 419 g/mol. The topological polar surface area (TPSA) is 105 Å². The highest BCUT2D eigenvalue weighted by Gasteiger charge is 2.15. The average Bonchev–Trinajstić information content (AvgIpc) is 3.28. The summed E-state index contributed by atoms with van der Waals surface area (Å²) < 4.78 is 5.32. The van der Waals surface area contributed by atoms with Crippen LogP contribution in [0.3, 0.4) is 0 Å². The predicted octanol–water partition coefficient (Wildman–Crippen LogP) is 3.24. The molecular weight excluding hydrogens is 394 g/mol. The molecular formula is C22H25N7O2. The molecule has 0 unspecified atom stereocenters. The lowest BCUT2D eigenvalue weighted by atomic mass is 10.2. The quantitative estimate of drug-likeness (QED) is 0.601. The maximum Gasteiger partial charge on any atom is 0.317 e. The Kier molecular flexibility index (Phi) is 6.21. The van der Waals surface area contributed by atoms with Crippen LogP contribution in [0.25, 0.3) is 0 Å². The van der Waals surface area contributed by atoms with Crippen LogP contribution in [-0.4, -0.2) is 45.5 Å². The van der Waals surface area contributed by atoms with Crippen LogP contribution in [0, 0.1) is 13.8 Å². The highest BCUT2D eigenvalue weighted by molar-refractivity contribution is 5.92. The molecule has 1 aromatic carbocycles. The van der Waals surface area contributed by atoms with E-state index in [1.807, 2.05) is 44.2 Å². The van der Waals surface area contributed by atoms with Gasteiger partial charge in [-0.2, -0.15) is 0 Å². The number of ether oxygens (including phenoxy) is 1. The van der Waals surface area contributed by atoms with Gasteiger partial charge in [-0.25, -0.2) is 19.9 Å². The summed E-state index contributed by atoms with van der Waals surface area (Å²) in [7, 11) is 0. The fraction of sp³-hybridized carbons (Fsp3) is 0.318. The van der Waals surface area contributed by atoms with Gasteiger partial charge in [-0.05, 0) is 57.0 Å². The Hall–Kier alpha value is -3.75. The highest BCUT2D eigenvalue weighted by atomic mass is 16.5. The monoisotopic (exact) mass is 419 g/mol. The van der Waals surface area contributed by atoms with Crippen molar-refractivity contribution in [3.63, 3.8) is 0 Å². The number of carbonyl (C=O) groups excluding carboxylic acids is 1. The van der Waals surface area contributed by atoms with Gasteiger partial charge >= 0.3 is 6.01 Å². The first kappa shape index (κ1) is 20.5. The minimum Gasteiger partial charge on any atom is -0.453 e. The van der Waals surface area contributed by atoms with Crippen molar-refractivity contribution in [2.45, 2.75) is 26.7 Å². The molecule has 3 heterocycles. The number of hydrogen-bond donors (Lipinski definition) is 2. The Morgan fingerprint density at radius 1 is 1.03 bits per heavy atom. The molecule has 0 saturated carbocycles. The van der Waals surface area contributed by atoms with Crippen molar-refractivity contribution in [2.75, 3.05) is 35.2 Å². The van der Waals surface area contributed by atoms with E-state index in [1.165, 1.54) is 12.8 Å². The Morgan fingerprint density at radius 2 is 1.77 bits per heavy atom. The minimum absolute atomic E-state index is 0.164. The zero-order valence-electron chi connectivity index (χ0n) is 17.6. The van der Waals surface area contributed by atoms with Crippen molar-refractivity contribution in [3.05, 3.63) is 54.1 Å². The lowest BCUT2D eigenvalue weighted by Gasteiger charge is -2.18. The number of nitrogens with zero attached hydrogens (tertiary/aromatic N) is 5. The first-order valence-electron chi connectivity index (χ1n) is 10.3. The van der Waals surface area contributed by atoms with Gasteiger partial charge in [0.25, 0.3) is 5.91 Å². The van der Waals surface area contributed by atoms with Crippen LogP contribution < -0.4 is 20.3 Å². The van der Waals surface area contributed by atoms with Crippen LogP contribution in [0.2, 0.25) is 0 Å². The molecule has 2 aromatic heterocycles. The molecule has 0 radical (unpaired) electrons. The van der Waals surface area contributed by atoms with Gasteiger partial charge in [0, 0.05) is 42.4 Å². The molecule has 0 atom stereocenters. The molecule has 1 amide bonds. The van der Waals surface area contributed by atoms with E-state index in [0.29, 0.717) is 5.69 Å². The summed E-state index contributed by atoms with van der Waals surface area (Å²) in [6.45, 7) is 5.63. The van der Waals surface area contributed by atoms with Gasteiger partial charge in [-0.3, -0.25) is 4.79 Å². The normalized spacial score (nSPS) is 13.2. The van der Waals surface area contributed by atoms with E-state index < -0.39 is 0 Å². The number of rotatable bonds is 7. The molecule has 0 bridgehead atoms. The van der Waals surface area contributed by atoms with E-state index in [0.717, 1.165) is 41.9 Å². The fourth-order valence-electron chi connectivity index (χ4n) is 3.33. The van der Waals surface area contributed by atoms with Crippen LogP contribution in [0.15, 0.2) is 42.6 Å². The van der Waals surface area contributed by atoms with Gasteiger partial charge in [0.2, 0.25) is 0 Å². The van der Waals surface area contributed by atoms with Crippen LogP contribution >= 0.6 is 0 Å². The van der Waals surface area contributed by atoms with Crippen LogP contribution in [0.4, 0.5) is 23.0 Å². The molecule has 1 aliphatic heterocycles. The Morgan fingerprint density at radius 3 is 2.52 bits per heavy atom. The molecule has 1 aliphatic rings. The van der Waals surface area contributed by atoms with Gasteiger partial charge in [0.1, 0.15) is 17.5 Å². The van der Waals surface area contributed by atoms with Crippen molar-refractivity contribution in [2.24, 2.45) is 0 Å². The molecule has 160 valence electrons. The Labute approximate surface area is 180 Å². The Bertz CT molecular complexity index is 1050. The molecule has 2 N–H and O–H groups in total. The molecule has 0 spiro atoms. The fourth-order valence-corrected chi connectivity index (χ4v) is 3.33. The van der Waals surface area contributed by atoms with Crippen LogP contribution in [0.5, 0.6) is 6.01 Å². The lowest BCUT2D eigenvalue weighted by molar-refractivity contribution is -0.118. The second kappa shape index (κ2) is 9.38. The molecule has 0 aliphatic carbocycles. The number of benzene rings is 1. The second-order valence-electron chi connectivity index (χ2n) is 7.37. The van der Waals surface area contributed by atoms with Gasteiger partial charge in [0.15, 0.2) is 6.61 Å². The lowest BCUT2D eigenvalue weighted by Crippen LogP contribution is -2.20. The predicted molar refractivity (Wildman–Crippen MR) is 119 cm³/mol. The largest absolute Gasteiger partial charge is 0.453 e. The molecule has 31 heavy (non-hydrogen) atoms. The Balaban J connectivity index is 1.33. The number of carbonyl (C=O) groups is 1. The van der Waals surface area contributed by atoms with E-state index in [2.05, 4.69) is 35.5 Å². The van der Waals surface area contributed by atoms with Crippen molar-refractivity contribution < 1.29 is 9.53 Å². The summed E-state index contributed by atoms with van der Waals surface area (Å²) in [6, 6.07) is 11.3. The van der Waals surface area contributed by atoms with Gasteiger partial charge in [0.05, 0.1) is 0 Å². The van der Waals surface area contributed by atoms with Crippen molar-refractivity contribution in [1.82, 2.24) is 19.9 Å². The standard InChI is InChI=1S/C22H25N7O2/c1-15-9-10-23-22(24-15)31-14-21(30)28-18-7-5-17(6-8-18)27-19-13-20(26-16(2)25-19)29-11-3-4-12-29/h5-10,13H,3-4,11-12,14H2,1-2H3,(H,28,30)(H,25,26,27). The number of hydrogen-bond acceptors (Lipinski definition) is 8. The summed E-state index contributed by atoms with van der Waals surface area (Å²) in [6.07, 6.45) is 3.98. The zero-order valence-corrected chi connectivity index (χ0v) is 17.6. The van der Waals surface area contributed by atoms with Crippen molar-refractivity contribution >= 4 is 28.9 Å². The smallest absolute Gasteiger partial charge is 0.317 e. The van der Waals surface area contributed by atoms with Crippen LogP contribution in [0.1, 0.15) is 24.4 Å². The molecule has 9 nitrogen and oxygen atoms in total. The third-order valence-electron chi connectivity index (χ3n) is 4.80. The minimum atomic E-state index is -0.285. The van der Waals surface area contributed by atoms with E-state index >= 15 is 0 Å². The van der Waals surface area contributed by atoms with Crippen molar-refractivity contribution in [1.29, 1.82) is 0 Å². The maximum atomic E-state index is 12.1. The van der Waals surface area contributed by atoms with Gasteiger partial charge in [-0.1, -0.05) is 0 Å². The van der Waals surface area contributed by atoms with E-state index in [-0.39, 0.29) is 18.5 Å². The first-order chi connectivity index (χ1) is 15.0. The van der Waals surface area contributed by atoms with Gasteiger partial charge < -0.3 is 20.3 Å². The summed E-state index contributed by atoms with van der Waals surface area (Å²) in [5.74, 6) is 2.15. The van der Waals surface area contributed by atoms with Crippen LogP contribution in [-0.2, 0) is 4.79 Å². The van der Waals surface area contributed by atoms with Crippen molar-refractivity contribution in [3.8, 4) is 6.01 Å². The zero-order chi connectivity index (χ0) is 21.6. The van der Waals surface area contributed by atoms with Gasteiger partial charge in [-0.15, -0.1) is 0 Å². The molecule has 1 saturated heterocycles. The molecule has 4 rings (SSSR count). The SMILES string of the molecule is Cc1ccnc(OCC(=O)Nc2ccc(Nc3cc(N4CCCC4)nc(C)n3)cc2)n1. The number of nitrogens with one attached hydrogen (secondary N) is 2. The molecule has 3 aromatic rings. The van der Waals surface area contributed by atoms with E-state index in [1.54, 1.807) is 12.3 Å². The highest BCUT2D eigenvalue weighted by Crippen LogP contribution is 2.23. The first-order valence-corrected chi connectivity index (χ1v) is 10.3. The molecule has 9 heteroatoms. The third-order valence-corrected chi connectivity index (χ3v) is 4.80. The number of aromatic nitrogens is 4. The summed E-state index contributed by atoms with van der Waals surface area (Å²) in [4.78, 5) is 31.5. The maximum absolute atomic E-state index is 12.1. The second-order valence-corrected chi connectivity index (χ2v) is 7.37. The number of anilines is 4. The summed E-state index contributed by atoms with van der Waals surface area (Å²) in [5, 5.41) is 6.10. The molecule has 1 fully saturated rings. The van der Waals surface area contributed by atoms with E-state index in [4.69, 9.17) is 4.74 Å².